The summed E-state index contributed by atoms with van der Waals surface area (Å²) in [5, 5.41) is 0. The summed E-state index contributed by atoms with van der Waals surface area (Å²) in [7, 11) is -1.68. The quantitative estimate of drug-likeness (QED) is 0.196. The third kappa shape index (κ3) is 24.7. The third-order valence-corrected chi connectivity index (χ3v) is 5.24. The van der Waals surface area contributed by atoms with Crippen LogP contribution in [0.4, 0.5) is 0 Å². The number of hydrogen-bond acceptors (Lipinski definition) is 2. The van der Waals surface area contributed by atoms with Crippen LogP contribution in [0.3, 0.4) is 0 Å². The van der Waals surface area contributed by atoms with Gasteiger partial charge in [0.2, 0.25) is 8.32 Å². The first-order chi connectivity index (χ1) is 11.5. The Morgan fingerprint density at radius 1 is 0.640 bits per heavy atom. The van der Waals surface area contributed by atoms with Crippen molar-refractivity contribution in [2.24, 2.45) is 0 Å². The number of hydrogen-bond donors (Lipinski definition) is 0. The van der Waals surface area contributed by atoms with Crippen LogP contribution in [0.5, 0.6) is 0 Å². The van der Waals surface area contributed by atoms with Gasteiger partial charge >= 0.3 is 0 Å². The van der Waals surface area contributed by atoms with Crippen molar-refractivity contribution in [1.82, 2.24) is 0 Å². The number of carbonyl (C=O) groups excluding carboxylic acids is 1. The fourth-order valence-electron chi connectivity index (χ4n) is 3.03. The van der Waals surface area contributed by atoms with Gasteiger partial charge in [0.25, 0.3) is 5.97 Å². The number of carbonyl (C=O) groups is 1. The minimum Gasteiger partial charge on any atom is -0.520 e. The van der Waals surface area contributed by atoms with Crippen molar-refractivity contribution in [1.29, 1.82) is 0 Å². The Morgan fingerprint density at radius 3 is 1.28 bits per heavy atom. The number of rotatable bonds is 17. The van der Waals surface area contributed by atoms with Crippen LogP contribution in [0.15, 0.2) is 0 Å². The Morgan fingerprint density at radius 2 is 0.960 bits per heavy atom. The molecule has 4 heteroatoms. The maximum absolute atomic E-state index is 11.6. The molecule has 0 atom stereocenters. The van der Waals surface area contributed by atoms with E-state index < -0.39 is 8.32 Å². The van der Waals surface area contributed by atoms with Gasteiger partial charge in [-0.15, -0.1) is 0 Å². The summed E-state index contributed by atoms with van der Waals surface area (Å²) < 4.78 is 5.46. The zero-order chi connectivity index (χ0) is 18.1. The predicted molar refractivity (Wildman–Crippen MR) is 115 cm³/mol. The van der Waals surface area contributed by atoms with E-state index in [1.54, 1.807) is 0 Å². The summed E-state index contributed by atoms with van der Waals surface area (Å²) in [6.45, 7) is 8.48. The van der Waals surface area contributed by atoms with E-state index in [1.165, 1.54) is 89.9 Å². The van der Waals surface area contributed by atoms with E-state index in [-0.39, 0.29) is 35.5 Å². The van der Waals surface area contributed by atoms with Crippen molar-refractivity contribution in [3.05, 3.63) is 0 Å². The van der Waals surface area contributed by atoms with Gasteiger partial charge in [0.15, 0.2) is 0 Å². The van der Waals surface area contributed by atoms with Gasteiger partial charge < -0.3 is 4.43 Å². The van der Waals surface area contributed by atoms with Crippen molar-refractivity contribution >= 4 is 43.8 Å². The molecule has 0 aromatic rings. The van der Waals surface area contributed by atoms with Crippen LogP contribution in [0.1, 0.15) is 110 Å². The average Bonchev–Trinajstić information content (AvgIpc) is 2.49. The van der Waals surface area contributed by atoms with Crippen molar-refractivity contribution in [2.75, 3.05) is 0 Å². The van der Waals surface area contributed by atoms with E-state index in [1.807, 2.05) is 0 Å². The van der Waals surface area contributed by atoms with Crippen molar-refractivity contribution in [2.45, 2.75) is 129 Å². The topological polar surface area (TPSA) is 26.3 Å². The van der Waals surface area contributed by atoms with Gasteiger partial charge in [-0.2, -0.15) is 0 Å². The van der Waals surface area contributed by atoms with Crippen LogP contribution in [0.25, 0.3) is 0 Å². The fraction of sp³-hybridized carbons (Fsp3) is 0.952. The summed E-state index contributed by atoms with van der Waals surface area (Å²) in [6.07, 6.45) is 21.0. The molecular formula is C21H44NaO2Si. The first-order valence-electron chi connectivity index (χ1n) is 10.7. The Balaban J connectivity index is 0. The molecule has 2 nitrogen and oxygen atoms in total. The van der Waals surface area contributed by atoms with Crippen molar-refractivity contribution in [3.63, 3.8) is 0 Å². The molecule has 0 aromatic heterocycles. The third-order valence-electron chi connectivity index (χ3n) is 4.40. The van der Waals surface area contributed by atoms with Crippen molar-refractivity contribution in [3.8, 4) is 0 Å². The molecule has 0 aliphatic rings. The summed E-state index contributed by atoms with van der Waals surface area (Å²) in [4.78, 5) is 11.6. The molecule has 0 bridgehead atoms. The van der Waals surface area contributed by atoms with Crippen LogP contribution in [-0.4, -0.2) is 43.8 Å². The van der Waals surface area contributed by atoms with Crippen LogP contribution in [0, 0.1) is 0 Å². The Labute approximate surface area is 181 Å². The van der Waals surface area contributed by atoms with Gasteiger partial charge in [-0.25, -0.2) is 0 Å². The van der Waals surface area contributed by atoms with Crippen molar-refractivity contribution < 1.29 is 9.22 Å². The average molecular weight is 380 g/mol. The SMILES string of the molecule is CCCCCCCCCCCCCCCCCC(=O)O[Si](C)(C)C.[Na]. The smallest absolute Gasteiger partial charge is 0.292 e. The molecule has 0 heterocycles. The summed E-state index contributed by atoms with van der Waals surface area (Å²) in [6, 6.07) is 0. The molecule has 0 amide bonds. The molecule has 0 aliphatic carbocycles. The minimum absolute atomic E-state index is 0. The van der Waals surface area contributed by atoms with E-state index in [0.29, 0.717) is 6.42 Å². The minimum atomic E-state index is -1.68. The second-order valence-electron chi connectivity index (χ2n) is 8.29. The van der Waals surface area contributed by atoms with Crippen LogP contribution >= 0.6 is 0 Å². The maximum atomic E-state index is 11.6. The largest absolute Gasteiger partial charge is 0.520 e. The van der Waals surface area contributed by atoms with Gasteiger partial charge in [-0.1, -0.05) is 96.8 Å². The molecule has 0 N–H and O–H groups in total. The van der Waals surface area contributed by atoms with E-state index in [4.69, 9.17) is 4.43 Å². The van der Waals surface area contributed by atoms with Crippen LogP contribution in [0.2, 0.25) is 19.6 Å². The predicted octanol–water partition coefficient (Wildman–Crippen LogP) is 7.25. The van der Waals surface area contributed by atoms with Gasteiger partial charge in [0, 0.05) is 36.0 Å². The van der Waals surface area contributed by atoms with E-state index in [2.05, 4.69) is 26.6 Å². The molecule has 0 fully saturated rings. The molecule has 145 valence electrons. The zero-order valence-corrected chi connectivity index (χ0v) is 21.1. The normalized spacial score (nSPS) is 11.2. The first-order valence-corrected chi connectivity index (χ1v) is 14.1. The zero-order valence-electron chi connectivity index (χ0n) is 18.1. The Hall–Kier alpha value is 0.687. The molecule has 0 saturated carbocycles. The maximum Gasteiger partial charge on any atom is 0.292 e. The van der Waals surface area contributed by atoms with Gasteiger partial charge in [-0.05, 0) is 26.1 Å². The van der Waals surface area contributed by atoms with E-state index in [0.717, 1.165) is 6.42 Å². The second kappa shape index (κ2) is 19.4. The molecule has 25 heavy (non-hydrogen) atoms. The van der Waals surface area contributed by atoms with Gasteiger partial charge in [0.05, 0.1) is 0 Å². The second-order valence-corrected chi connectivity index (χ2v) is 12.7. The summed E-state index contributed by atoms with van der Waals surface area (Å²) in [5.41, 5.74) is 0. The Bertz CT molecular complexity index is 290. The summed E-state index contributed by atoms with van der Waals surface area (Å²) >= 11 is 0. The Kier molecular flexibility index (Phi) is 21.7. The molecule has 0 rings (SSSR count). The monoisotopic (exact) mass is 379 g/mol. The molecule has 0 unspecified atom stereocenters. The molecule has 0 aromatic carbocycles. The molecule has 0 aliphatic heterocycles. The van der Waals surface area contributed by atoms with E-state index >= 15 is 0 Å². The van der Waals surface area contributed by atoms with E-state index in [9.17, 15) is 4.79 Å². The van der Waals surface area contributed by atoms with Crippen LogP contribution < -0.4 is 0 Å². The molecule has 0 saturated heterocycles. The fourth-order valence-corrected chi connectivity index (χ4v) is 3.82. The number of unbranched alkanes of at least 4 members (excludes halogenated alkanes) is 14. The first kappa shape index (κ1) is 27.9. The standard InChI is InChI=1S/C21H44O2Si.Na/c1-5-6-7-8-9-10-11-12-13-14-15-16-17-18-19-20-21(22)23-24(2,3)4;/h5-20H2,1-4H3;. The van der Waals surface area contributed by atoms with Crippen LogP contribution in [-0.2, 0) is 9.22 Å². The molecular weight excluding hydrogens is 335 g/mol. The van der Waals surface area contributed by atoms with Gasteiger partial charge in [0.1, 0.15) is 0 Å². The molecule has 0 spiro atoms. The molecule has 1 radical (unpaired) electrons. The van der Waals surface area contributed by atoms with Gasteiger partial charge in [-0.3, -0.25) is 4.79 Å². The summed E-state index contributed by atoms with van der Waals surface area (Å²) in [5.74, 6) is 0.0175.